The molecule has 1 aromatic heterocycles. The monoisotopic (exact) mass is 315 g/mol. The number of nitrogens with one attached hydrogen (secondary N) is 1. The van der Waals surface area contributed by atoms with Gasteiger partial charge < -0.3 is 14.5 Å². The van der Waals surface area contributed by atoms with E-state index >= 15 is 0 Å². The Balaban J connectivity index is 1.82. The average Bonchev–Trinajstić information content (AvgIpc) is 3.06. The number of hydrogen-bond acceptors (Lipinski definition) is 3. The largest absolute Gasteiger partial charge is 0.480 e. The summed E-state index contributed by atoms with van der Waals surface area (Å²) >= 11 is 0. The normalized spacial score (nSPS) is 12.0. The first-order valence-electron chi connectivity index (χ1n) is 8.14. The third-order valence-electron chi connectivity index (χ3n) is 3.97. The van der Waals surface area contributed by atoms with Crippen molar-refractivity contribution in [2.75, 3.05) is 6.54 Å². The quantitative estimate of drug-likeness (QED) is 0.754. The molecule has 1 heterocycles. The molecule has 0 bridgehead atoms. The van der Waals surface area contributed by atoms with Gasteiger partial charge in [-0.15, -0.1) is 0 Å². The maximum Gasteiger partial charge on any atom is 0.261 e. The molecule has 2 aromatic rings. The van der Waals surface area contributed by atoms with Crippen LogP contribution in [0.5, 0.6) is 5.75 Å². The third kappa shape index (κ3) is 4.88. The van der Waals surface area contributed by atoms with Gasteiger partial charge in [0.05, 0.1) is 6.26 Å². The summed E-state index contributed by atoms with van der Waals surface area (Å²) in [6.45, 7) is 6.63. The summed E-state index contributed by atoms with van der Waals surface area (Å²) in [5, 5.41) is 2.94. The van der Waals surface area contributed by atoms with E-state index in [1.165, 1.54) is 0 Å². The molecule has 1 aromatic carbocycles. The van der Waals surface area contributed by atoms with Gasteiger partial charge in [0.2, 0.25) is 0 Å². The zero-order valence-corrected chi connectivity index (χ0v) is 14.1. The van der Waals surface area contributed by atoms with Crippen molar-refractivity contribution in [3.8, 4) is 5.75 Å². The number of carbonyl (C=O) groups excluding carboxylic acids is 1. The summed E-state index contributed by atoms with van der Waals surface area (Å²) in [6, 6.07) is 9.72. The number of ether oxygens (including phenoxy) is 1. The molecule has 0 saturated carbocycles. The van der Waals surface area contributed by atoms with Crippen LogP contribution >= 0.6 is 0 Å². The van der Waals surface area contributed by atoms with Crippen molar-refractivity contribution in [2.24, 2.45) is 0 Å². The van der Waals surface area contributed by atoms with Crippen LogP contribution in [0.25, 0.3) is 0 Å². The Morgan fingerprint density at radius 3 is 2.78 bits per heavy atom. The Hall–Kier alpha value is -2.23. The molecule has 0 aliphatic rings. The zero-order chi connectivity index (χ0) is 16.7. The Kier molecular flexibility index (Phi) is 6.27. The van der Waals surface area contributed by atoms with Gasteiger partial charge >= 0.3 is 0 Å². The lowest BCUT2D eigenvalue weighted by atomic mass is 10.1. The number of amides is 1. The molecule has 1 unspecified atom stereocenters. The number of carbonyl (C=O) groups is 1. The van der Waals surface area contributed by atoms with Crippen LogP contribution in [0.4, 0.5) is 0 Å². The first-order chi connectivity index (χ1) is 11.1. The molecule has 124 valence electrons. The Morgan fingerprint density at radius 2 is 2.09 bits per heavy atom. The van der Waals surface area contributed by atoms with E-state index in [-0.39, 0.29) is 5.91 Å². The molecule has 2 rings (SSSR count). The highest BCUT2D eigenvalue weighted by atomic mass is 16.5. The molecule has 1 atom stereocenters. The highest BCUT2D eigenvalue weighted by molar-refractivity contribution is 5.81. The molecule has 23 heavy (non-hydrogen) atoms. The SMILES string of the molecule is CCC(Oc1cccc(C)c1C)C(=O)NCCCc1ccco1. The van der Waals surface area contributed by atoms with Crippen molar-refractivity contribution < 1.29 is 13.9 Å². The van der Waals surface area contributed by atoms with Gasteiger partial charge in [-0.3, -0.25) is 4.79 Å². The lowest BCUT2D eigenvalue weighted by molar-refractivity contribution is -0.128. The van der Waals surface area contributed by atoms with E-state index in [0.29, 0.717) is 13.0 Å². The molecule has 0 spiro atoms. The minimum absolute atomic E-state index is 0.0622. The van der Waals surface area contributed by atoms with Gasteiger partial charge in [0, 0.05) is 13.0 Å². The predicted molar refractivity (Wildman–Crippen MR) is 90.7 cm³/mol. The number of aryl methyl sites for hydroxylation is 2. The van der Waals surface area contributed by atoms with E-state index in [0.717, 1.165) is 35.5 Å². The second kappa shape index (κ2) is 8.42. The van der Waals surface area contributed by atoms with Gasteiger partial charge in [0.25, 0.3) is 5.91 Å². The van der Waals surface area contributed by atoms with Crippen LogP contribution in [0.3, 0.4) is 0 Å². The summed E-state index contributed by atoms with van der Waals surface area (Å²) in [5.41, 5.74) is 2.24. The molecule has 4 nitrogen and oxygen atoms in total. The van der Waals surface area contributed by atoms with Crippen molar-refractivity contribution >= 4 is 5.91 Å². The predicted octanol–water partition coefficient (Wildman–Crippen LogP) is 3.80. The van der Waals surface area contributed by atoms with Crippen molar-refractivity contribution in [3.63, 3.8) is 0 Å². The maximum absolute atomic E-state index is 12.3. The minimum Gasteiger partial charge on any atom is -0.480 e. The molecule has 0 radical (unpaired) electrons. The molecular weight excluding hydrogens is 290 g/mol. The number of furan rings is 1. The van der Waals surface area contributed by atoms with Crippen LogP contribution in [0.2, 0.25) is 0 Å². The van der Waals surface area contributed by atoms with Gasteiger partial charge in [0.1, 0.15) is 11.5 Å². The fourth-order valence-corrected chi connectivity index (χ4v) is 2.37. The number of hydrogen-bond donors (Lipinski definition) is 1. The van der Waals surface area contributed by atoms with Crippen LogP contribution in [0.1, 0.15) is 36.7 Å². The zero-order valence-electron chi connectivity index (χ0n) is 14.1. The average molecular weight is 315 g/mol. The van der Waals surface area contributed by atoms with Crippen molar-refractivity contribution in [3.05, 3.63) is 53.5 Å². The molecule has 4 heteroatoms. The summed E-state index contributed by atoms with van der Waals surface area (Å²) < 4.78 is 11.2. The van der Waals surface area contributed by atoms with E-state index < -0.39 is 6.10 Å². The first-order valence-corrected chi connectivity index (χ1v) is 8.14. The molecule has 1 N–H and O–H groups in total. The van der Waals surface area contributed by atoms with Gasteiger partial charge in [-0.1, -0.05) is 19.1 Å². The maximum atomic E-state index is 12.3. The van der Waals surface area contributed by atoms with E-state index in [9.17, 15) is 4.79 Å². The second-order valence-electron chi connectivity index (χ2n) is 5.69. The van der Waals surface area contributed by atoms with E-state index in [1.807, 2.05) is 51.1 Å². The lowest BCUT2D eigenvalue weighted by Crippen LogP contribution is -2.38. The highest BCUT2D eigenvalue weighted by Gasteiger charge is 2.18. The van der Waals surface area contributed by atoms with Gasteiger partial charge in [-0.25, -0.2) is 0 Å². The van der Waals surface area contributed by atoms with Crippen molar-refractivity contribution in [2.45, 2.75) is 46.1 Å². The molecule has 0 aliphatic carbocycles. The third-order valence-corrected chi connectivity index (χ3v) is 3.97. The topological polar surface area (TPSA) is 51.5 Å². The first kappa shape index (κ1) is 17.1. The molecular formula is C19H25NO3. The van der Waals surface area contributed by atoms with Crippen LogP contribution < -0.4 is 10.1 Å². The van der Waals surface area contributed by atoms with Crippen LogP contribution in [0, 0.1) is 13.8 Å². The smallest absolute Gasteiger partial charge is 0.261 e. The second-order valence-corrected chi connectivity index (χ2v) is 5.69. The van der Waals surface area contributed by atoms with Crippen LogP contribution in [-0.2, 0) is 11.2 Å². The fraction of sp³-hybridized carbons (Fsp3) is 0.421. The van der Waals surface area contributed by atoms with Crippen molar-refractivity contribution in [1.82, 2.24) is 5.32 Å². The highest BCUT2D eigenvalue weighted by Crippen LogP contribution is 2.22. The van der Waals surface area contributed by atoms with E-state index in [1.54, 1.807) is 6.26 Å². The summed E-state index contributed by atoms with van der Waals surface area (Å²) in [4.78, 5) is 12.3. The number of rotatable bonds is 8. The minimum atomic E-state index is -0.459. The van der Waals surface area contributed by atoms with Gasteiger partial charge in [0.15, 0.2) is 6.10 Å². The summed E-state index contributed by atoms with van der Waals surface area (Å²) in [5.74, 6) is 1.66. The Labute approximate surface area is 137 Å². The molecule has 0 fully saturated rings. The molecule has 0 aliphatic heterocycles. The van der Waals surface area contributed by atoms with E-state index in [4.69, 9.17) is 9.15 Å². The summed E-state index contributed by atoms with van der Waals surface area (Å²) in [6.07, 6.45) is 3.51. The van der Waals surface area contributed by atoms with Crippen LogP contribution in [0.15, 0.2) is 41.0 Å². The van der Waals surface area contributed by atoms with E-state index in [2.05, 4.69) is 5.32 Å². The van der Waals surface area contributed by atoms with Crippen molar-refractivity contribution in [1.29, 1.82) is 0 Å². The molecule has 0 saturated heterocycles. The van der Waals surface area contributed by atoms with Crippen LogP contribution in [-0.4, -0.2) is 18.6 Å². The lowest BCUT2D eigenvalue weighted by Gasteiger charge is -2.19. The standard InChI is InChI=1S/C19H25NO3/c1-4-17(23-18-11-5-8-14(2)15(18)3)19(21)20-12-6-9-16-10-7-13-22-16/h5,7-8,10-11,13,17H,4,6,9,12H2,1-3H3,(H,20,21). The Morgan fingerprint density at radius 1 is 1.26 bits per heavy atom. The molecule has 1 amide bonds. The fourth-order valence-electron chi connectivity index (χ4n) is 2.37. The van der Waals surface area contributed by atoms with Gasteiger partial charge in [-0.2, -0.15) is 0 Å². The number of benzene rings is 1. The Bertz CT molecular complexity index is 620. The van der Waals surface area contributed by atoms with Gasteiger partial charge in [-0.05, 0) is 56.0 Å². The summed E-state index contributed by atoms with van der Waals surface area (Å²) in [7, 11) is 0.